The van der Waals surface area contributed by atoms with Crippen LogP contribution < -0.4 is 4.90 Å². The van der Waals surface area contributed by atoms with Gasteiger partial charge in [0.1, 0.15) is 0 Å². The Balaban J connectivity index is 1.63. The third-order valence-corrected chi connectivity index (χ3v) is 4.37. The Kier molecular flexibility index (Phi) is 3.60. The van der Waals surface area contributed by atoms with E-state index in [4.69, 9.17) is 9.47 Å². The number of methoxy groups -OCH3 is 1. The molecule has 0 radical (unpaired) electrons. The van der Waals surface area contributed by atoms with Crippen LogP contribution in [0.2, 0.25) is 0 Å². The van der Waals surface area contributed by atoms with Gasteiger partial charge in [0.2, 0.25) is 11.8 Å². The Hall–Kier alpha value is -2.62. The molecule has 2 aromatic heterocycles. The van der Waals surface area contributed by atoms with Gasteiger partial charge in [0, 0.05) is 26.2 Å². The van der Waals surface area contributed by atoms with E-state index in [-0.39, 0.29) is 18.0 Å². The van der Waals surface area contributed by atoms with Crippen molar-refractivity contribution in [2.45, 2.75) is 6.04 Å². The summed E-state index contributed by atoms with van der Waals surface area (Å²) >= 11 is 0. The zero-order valence-corrected chi connectivity index (χ0v) is 13.3. The monoisotopic (exact) mass is 334 g/mol. The van der Waals surface area contributed by atoms with E-state index in [1.807, 2.05) is 9.47 Å². The molecule has 2 aliphatic heterocycles. The van der Waals surface area contributed by atoms with Gasteiger partial charge in [-0.05, 0) is 0 Å². The molecule has 0 aliphatic carbocycles. The molecule has 0 unspecified atom stereocenters. The van der Waals surface area contributed by atoms with E-state index in [1.54, 1.807) is 11.2 Å². The number of amides is 1. The second-order valence-corrected chi connectivity index (χ2v) is 5.80. The molecule has 4 heterocycles. The minimum atomic E-state index is -0.345. The molecule has 10 nitrogen and oxygen atoms in total. The number of hydrogen-bond donors (Lipinski definition) is 1. The molecule has 2 fully saturated rings. The Morgan fingerprint density at radius 3 is 2.79 bits per heavy atom. The second kappa shape index (κ2) is 5.78. The third kappa shape index (κ3) is 2.39. The largest absolute Gasteiger partial charge is 0.492 e. The highest BCUT2D eigenvalue weighted by molar-refractivity contribution is 5.78. The van der Waals surface area contributed by atoms with Gasteiger partial charge in [0.25, 0.3) is 0 Å². The van der Waals surface area contributed by atoms with E-state index in [1.165, 1.54) is 7.11 Å². The van der Waals surface area contributed by atoms with Crippen molar-refractivity contribution in [2.75, 3.05) is 51.4 Å². The van der Waals surface area contributed by atoms with Crippen LogP contribution in [0.5, 0.6) is 5.88 Å². The number of ether oxygens (including phenoxy) is 2. The van der Waals surface area contributed by atoms with Crippen LogP contribution in [0.1, 0.15) is 6.04 Å². The number of imidazole rings is 1. The van der Waals surface area contributed by atoms with E-state index < -0.39 is 0 Å². The number of likely N-dealkylation sites (tertiary alicyclic amines) is 1. The molecular weight excluding hydrogens is 316 g/mol. The number of carbonyl (C=O) groups excluding carboxylic acids is 1. The molecular formula is C14H18N6O4. The zero-order chi connectivity index (χ0) is 16.7. The SMILES string of the molecule is COC(=O)N1CC(n2cnc3c(O)nc(N4CCOCC4)nc32)C1. The van der Waals surface area contributed by atoms with Crippen molar-refractivity contribution in [1.29, 1.82) is 0 Å². The first kappa shape index (κ1) is 14.9. The summed E-state index contributed by atoms with van der Waals surface area (Å²) in [5.74, 6) is 0.332. The first-order valence-corrected chi connectivity index (χ1v) is 7.76. The van der Waals surface area contributed by atoms with E-state index in [0.717, 1.165) is 0 Å². The van der Waals surface area contributed by atoms with Crippen LogP contribution >= 0.6 is 0 Å². The van der Waals surface area contributed by atoms with Crippen molar-refractivity contribution in [1.82, 2.24) is 24.4 Å². The minimum Gasteiger partial charge on any atom is -0.492 e. The molecule has 2 aromatic rings. The molecule has 0 atom stereocenters. The summed E-state index contributed by atoms with van der Waals surface area (Å²) in [6, 6.07) is 0.0564. The fraction of sp³-hybridized carbons (Fsp3) is 0.571. The number of anilines is 1. The Bertz CT molecular complexity index is 766. The molecule has 10 heteroatoms. The molecule has 0 saturated carbocycles. The maximum absolute atomic E-state index is 11.5. The molecule has 0 bridgehead atoms. The maximum Gasteiger partial charge on any atom is 0.409 e. The summed E-state index contributed by atoms with van der Waals surface area (Å²) in [5.41, 5.74) is 0.932. The van der Waals surface area contributed by atoms with Crippen molar-refractivity contribution in [2.24, 2.45) is 0 Å². The molecule has 2 aliphatic rings. The summed E-state index contributed by atoms with van der Waals surface area (Å²) in [7, 11) is 1.36. The van der Waals surface area contributed by atoms with Crippen molar-refractivity contribution in [3.63, 3.8) is 0 Å². The molecule has 0 aromatic carbocycles. The number of aromatic nitrogens is 4. The zero-order valence-electron chi connectivity index (χ0n) is 13.3. The minimum absolute atomic E-state index is 0.0564. The molecule has 24 heavy (non-hydrogen) atoms. The number of aromatic hydroxyl groups is 1. The number of carbonyl (C=O) groups is 1. The number of hydrogen-bond acceptors (Lipinski definition) is 8. The first-order valence-electron chi connectivity index (χ1n) is 7.76. The van der Waals surface area contributed by atoms with Gasteiger partial charge in [-0.1, -0.05) is 0 Å². The second-order valence-electron chi connectivity index (χ2n) is 5.80. The van der Waals surface area contributed by atoms with Gasteiger partial charge in [-0.2, -0.15) is 9.97 Å². The lowest BCUT2D eigenvalue weighted by atomic mass is 10.1. The maximum atomic E-state index is 11.5. The van der Waals surface area contributed by atoms with Crippen LogP contribution in [0.3, 0.4) is 0 Å². The normalized spacial score (nSPS) is 18.7. The number of morpholine rings is 1. The van der Waals surface area contributed by atoms with Gasteiger partial charge in [-0.3, -0.25) is 0 Å². The highest BCUT2D eigenvalue weighted by atomic mass is 16.5. The Morgan fingerprint density at radius 1 is 1.33 bits per heavy atom. The van der Waals surface area contributed by atoms with Gasteiger partial charge < -0.3 is 28.9 Å². The van der Waals surface area contributed by atoms with Crippen molar-refractivity contribution in [3.8, 4) is 5.88 Å². The summed E-state index contributed by atoms with van der Waals surface area (Å²) in [4.78, 5) is 28.0. The summed E-state index contributed by atoms with van der Waals surface area (Å²) in [5, 5.41) is 10.2. The fourth-order valence-corrected chi connectivity index (χ4v) is 2.97. The summed E-state index contributed by atoms with van der Waals surface area (Å²) in [6.45, 7) is 3.62. The average Bonchev–Trinajstić information content (AvgIpc) is 2.98. The third-order valence-electron chi connectivity index (χ3n) is 4.37. The van der Waals surface area contributed by atoms with E-state index in [2.05, 4.69) is 15.0 Å². The van der Waals surface area contributed by atoms with Gasteiger partial charge in [0.15, 0.2) is 11.2 Å². The Morgan fingerprint density at radius 2 is 2.08 bits per heavy atom. The lowest BCUT2D eigenvalue weighted by Gasteiger charge is -2.38. The lowest BCUT2D eigenvalue weighted by Crippen LogP contribution is -2.50. The van der Waals surface area contributed by atoms with Crippen LogP contribution in [-0.4, -0.2) is 82.1 Å². The molecule has 128 valence electrons. The average molecular weight is 334 g/mol. The molecule has 1 amide bonds. The van der Waals surface area contributed by atoms with Gasteiger partial charge >= 0.3 is 6.09 Å². The van der Waals surface area contributed by atoms with E-state index >= 15 is 0 Å². The van der Waals surface area contributed by atoms with Gasteiger partial charge in [0.05, 0.1) is 32.7 Å². The topological polar surface area (TPSA) is 106 Å². The number of fused-ring (bicyclic) bond motifs is 1. The van der Waals surface area contributed by atoms with Crippen LogP contribution in [-0.2, 0) is 9.47 Å². The molecule has 1 N–H and O–H groups in total. The Labute approximate surface area is 137 Å². The lowest BCUT2D eigenvalue weighted by molar-refractivity contribution is 0.0721. The standard InChI is InChI=1S/C14H18N6O4/c1-23-14(22)19-6-9(7-19)20-8-15-10-11(20)16-13(17-12(10)21)18-2-4-24-5-3-18/h8-9H,2-7H2,1H3,(H,16,17,21). The first-order chi connectivity index (χ1) is 11.7. The van der Waals surface area contributed by atoms with E-state index in [9.17, 15) is 9.90 Å². The highest BCUT2D eigenvalue weighted by Crippen LogP contribution is 2.29. The molecule has 2 saturated heterocycles. The fourth-order valence-electron chi connectivity index (χ4n) is 2.97. The predicted octanol–water partition coefficient (Wildman–Crippen LogP) is -0.00840. The van der Waals surface area contributed by atoms with E-state index in [0.29, 0.717) is 56.5 Å². The quantitative estimate of drug-likeness (QED) is 0.817. The number of rotatable bonds is 2. The van der Waals surface area contributed by atoms with Crippen molar-refractivity contribution in [3.05, 3.63) is 6.33 Å². The van der Waals surface area contributed by atoms with Crippen LogP contribution in [0.4, 0.5) is 10.7 Å². The highest BCUT2D eigenvalue weighted by Gasteiger charge is 2.34. The van der Waals surface area contributed by atoms with Gasteiger partial charge in [-0.15, -0.1) is 0 Å². The van der Waals surface area contributed by atoms with Crippen LogP contribution in [0, 0.1) is 0 Å². The summed E-state index contributed by atoms with van der Waals surface area (Å²) in [6.07, 6.45) is 1.28. The molecule has 4 rings (SSSR count). The van der Waals surface area contributed by atoms with Crippen LogP contribution in [0.25, 0.3) is 11.2 Å². The predicted molar refractivity (Wildman–Crippen MR) is 83.0 cm³/mol. The smallest absolute Gasteiger partial charge is 0.409 e. The summed E-state index contributed by atoms with van der Waals surface area (Å²) < 4.78 is 11.9. The number of nitrogens with zero attached hydrogens (tertiary/aromatic N) is 6. The van der Waals surface area contributed by atoms with Crippen LogP contribution in [0.15, 0.2) is 6.33 Å². The van der Waals surface area contributed by atoms with Gasteiger partial charge in [-0.25, -0.2) is 9.78 Å². The molecule has 0 spiro atoms. The van der Waals surface area contributed by atoms with Crippen molar-refractivity contribution < 1.29 is 19.4 Å². The van der Waals surface area contributed by atoms with Crippen molar-refractivity contribution >= 4 is 23.2 Å².